The molecule has 66 heavy (non-hydrogen) atoms. The van der Waals surface area contributed by atoms with Gasteiger partial charge in [-0.15, -0.1) is 0 Å². The van der Waals surface area contributed by atoms with E-state index < -0.39 is 46.7 Å². The van der Waals surface area contributed by atoms with Crippen molar-refractivity contribution < 1.29 is 43.6 Å². The molecule has 10 atom stereocenters. The van der Waals surface area contributed by atoms with E-state index in [1.165, 1.54) is 0 Å². The first kappa shape index (κ1) is 45.5. The summed E-state index contributed by atoms with van der Waals surface area (Å²) < 4.78 is 20.3. The average molecular weight is 941 g/mol. The molecule has 4 aliphatic carbocycles. The lowest BCUT2D eigenvalue weighted by molar-refractivity contribution is -0.202. The Bertz CT molecular complexity index is 2580. The number of carbonyl (C=O) groups is 3. The maximum atomic E-state index is 15.0. The van der Waals surface area contributed by atoms with Gasteiger partial charge < -0.3 is 50.5 Å². The number of aliphatic hydroxyl groups excluding tert-OH is 3. The lowest BCUT2D eigenvalue weighted by Gasteiger charge is -2.62. The number of allylic oxidation sites excluding steroid dienone is 3. The number of rotatable bonds is 9. The highest BCUT2D eigenvalue weighted by atomic mass is 33.1. The largest absolute Gasteiger partial charge is 0.481 e. The number of esters is 1. The minimum Gasteiger partial charge on any atom is -0.481 e. The predicted molar refractivity (Wildman–Crippen MR) is 252 cm³/mol. The van der Waals surface area contributed by atoms with Crippen molar-refractivity contribution in [3.63, 3.8) is 0 Å². The summed E-state index contributed by atoms with van der Waals surface area (Å²) in [4.78, 5) is 58.9. The summed E-state index contributed by atoms with van der Waals surface area (Å²) in [6.45, 7) is 3.08. The number of hydrogen-bond donors (Lipinski definition) is 6. The van der Waals surface area contributed by atoms with Crippen LogP contribution in [0.25, 0.3) is 11.0 Å². The summed E-state index contributed by atoms with van der Waals surface area (Å²) in [6.07, 6.45) is 14.0. The second kappa shape index (κ2) is 17.3. The van der Waals surface area contributed by atoms with Gasteiger partial charge in [-0.1, -0.05) is 58.2 Å². The Labute approximate surface area is 391 Å². The predicted octanol–water partition coefficient (Wildman–Crippen LogP) is 4.25. The van der Waals surface area contributed by atoms with Crippen molar-refractivity contribution in [1.29, 1.82) is 0 Å². The van der Waals surface area contributed by atoms with Crippen LogP contribution in [0.2, 0.25) is 0 Å². The third kappa shape index (κ3) is 6.97. The normalized spacial score (nSPS) is 34.5. The van der Waals surface area contributed by atoms with E-state index in [9.17, 15) is 29.7 Å². The van der Waals surface area contributed by atoms with Crippen molar-refractivity contribution in [2.45, 2.75) is 112 Å². The quantitative estimate of drug-likeness (QED) is 0.0682. The molecular weight excluding hydrogens is 881 g/mol. The number of nitrogens with zero attached hydrogens (tertiary/aromatic N) is 1. The fourth-order valence-electron chi connectivity index (χ4n) is 13.3. The number of nitrogens with one attached hydrogen (secondary N) is 2. The Kier molecular flexibility index (Phi) is 11.9. The molecule has 5 heterocycles. The SMILES string of the molecule is C/C=C(\CCO)C(=O)O[C@]1(C)[C@@H](CO)C=C2CSS[C@H]3C[C@@H]4C(=O)C=C[C@H]5[C@@H]([C@@H]4NC)[C@@H]3N5C(=O)CC3=C(C=C(N)NC3)[C@H]2[C@]12Cc1cc3cc(C4(CCO)CCCC4)c(=O)oc3cc1O2. The summed E-state index contributed by atoms with van der Waals surface area (Å²) >= 11 is 0. The standard InChI is InChI=1S/C50H60N4O10S2/c1-4-26(9-13-55)46(60)64-48(2)31(24-57)16-30-25-65-66-39-19-33-36(58)8-7-35-42(44(33)52-3)45(39)54(35)41(59)18-29-23-53-40(51)20-32(29)43(30)50(48)22-28-15-27-17-34(49(12-14-56)10-5-6-11-49)47(61)62-37(27)21-38(28)63-50/h4,7-8,15-17,20-21,31,33,35,39,42-45,52-53,55-57H,5-6,9-14,18-19,22-25,51H2,1-3H3/b26-4+/t31-,33-,35+,39+,42+,43+,44-,45-,48-,50-/m1/s1. The van der Waals surface area contributed by atoms with Crippen molar-refractivity contribution in [2.75, 3.05) is 39.2 Å². The molecule has 4 aliphatic heterocycles. The van der Waals surface area contributed by atoms with Gasteiger partial charge in [0.05, 0.1) is 36.9 Å². The van der Waals surface area contributed by atoms with Gasteiger partial charge in [-0.2, -0.15) is 0 Å². The number of nitrogens with two attached hydrogens (primary N) is 1. The molecule has 16 heteroatoms. The molecular formula is C50H60N4O10S2. The van der Waals surface area contributed by atoms with Crippen LogP contribution in [-0.2, 0) is 31.0 Å². The third-order valence-corrected chi connectivity index (χ3v) is 19.4. The fraction of sp³-hybridized carbons (Fsp3) is 0.560. The maximum Gasteiger partial charge on any atom is 0.340 e. The molecule has 14 nitrogen and oxygen atoms in total. The first-order valence-electron chi connectivity index (χ1n) is 23.5. The highest BCUT2D eigenvalue weighted by molar-refractivity contribution is 8.77. The number of amides is 1. The van der Waals surface area contributed by atoms with E-state index in [4.69, 9.17) is 19.6 Å². The summed E-state index contributed by atoms with van der Waals surface area (Å²) in [5, 5.41) is 39.0. The number of carbonyl (C=O) groups excluding carboxylic acids is 3. The van der Waals surface area contributed by atoms with Gasteiger partial charge in [-0.25, -0.2) is 9.59 Å². The zero-order chi connectivity index (χ0) is 46.3. The third-order valence-electron chi connectivity index (χ3n) is 16.6. The molecule has 1 aromatic carbocycles. The van der Waals surface area contributed by atoms with Gasteiger partial charge in [0.1, 0.15) is 11.3 Å². The molecule has 0 unspecified atom stereocenters. The number of ketones is 1. The van der Waals surface area contributed by atoms with E-state index in [-0.39, 0.29) is 91.5 Å². The number of fused-ring (bicyclic) bond motifs is 7. The molecule has 7 N–H and O–H groups in total. The molecule has 0 radical (unpaired) electrons. The Morgan fingerprint density at radius 3 is 2.67 bits per heavy atom. The second-order valence-corrected chi connectivity index (χ2v) is 22.3. The molecule has 1 amide bonds. The molecule has 2 aromatic rings. The van der Waals surface area contributed by atoms with Gasteiger partial charge in [0, 0.05) is 95.4 Å². The molecule has 8 aliphatic rings. The monoisotopic (exact) mass is 940 g/mol. The van der Waals surface area contributed by atoms with Gasteiger partial charge in [-0.3, -0.25) is 9.59 Å². The topological polar surface area (TPSA) is 214 Å². The van der Waals surface area contributed by atoms with Crippen LogP contribution in [0.15, 0.2) is 85.9 Å². The van der Waals surface area contributed by atoms with Crippen molar-refractivity contribution in [3.05, 3.63) is 98.2 Å². The summed E-state index contributed by atoms with van der Waals surface area (Å²) in [5.41, 5.74) is 7.12. The summed E-state index contributed by atoms with van der Waals surface area (Å²) in [6, 6.07) is 5.26. The van der Waals surface area contributed by atoms with Crippen LogP contribution in [0.4, 0.5) is 0 Å². The lowest BCUT2D eigenvalue weighted by atomic mass is 9.57. The van der Waals surface area contributed by atoms with Crippen molar-refractivity contribution in [2.24, 2.45) is 29.4 Å². The maximum absolute atomic E-state index is 15.0. The number of aliphatic hydroxyl groups is 3. The molecule has 2 bridgehead atoms. The summed E-state index contributed by atoms with van der Waals surface area (Å²) in [7, 11) is 5.26. The van der Waals surface area contributed by atoms with E-state index in [1.54, 1.807) is 53.7 Å². The Hall–Kier alpha value is -4.32. The molecule has 1 aromatic heterocycles. The van der Waals surface area contributed by atoms with Gasteiger partial charge in [-0.05, 0) is 87.6 Å². The minimum atomic E-state index is -1.57. The van der Waals surface area contributed by atoms with Crippen LogP contribution in [-0.4, -0.2) is 112 Å². The number of hydrogen-bond acceptors (Lipinski definition) is 15. The first-order chi connectivity index (χ1) is 31.8. The van der Waals surface area contributed by atoms with Crippen molar-refractivity contribution in [3.8, 4) is 5.75 Å². The molecule has 3 fully saturated rings. The molecule has 10 rings (SSSR count). The Morgan fingerprint density at radius 2 is 1.94 bits per heavy atom. The number of dihydropyridines is 1. The zero-order valence-electron chi connectivity index (χ0n) is 37.7. The lowest BCUT2D eigenvalue weighted by Crippen LogP contribution is -2.75. The molecule has 1 spiro atoms. The van der Waals surface area contributed by atoms with Gasteiger partial charge in [0.15, 0.2) is 17.0 Å². The molecule has 352 valence electrons. The van der Waals surface area contributed by atoms with Crippen molar-refractivity contribution in [1.82, 2.24) is 15.5 Å². The summed E-state index contributed by atoms with van der Waals surface area (Å²) in [5.74, 6) is -0.892. The van der Waals surface area contributed by atoms with Crippen LogP contribution in [0.5, 0.6) is 5.75 Å². The minimum absolute atomic E-state index is 0.0199. The highest BCUT2D eigenvalue weighted by Crippen LogP contribution is 2.60. The van der Waals surface area contributed by atoms with E-state index in [2.05, 4.69) is 10.6 Å². The second-order valence-electron chi connectivity index (χ2n) is 19.7. The number of ether oxygens (including phenoxy) is 2. The van der Waals surface area contributed by atoms with E-state index >= 15 is 4.79 Å². The number of benzene rings is 1. The van der Waals surface area contributed by atoms with Crippen LogP contribution in [0, 0.1) is 23.7 Å². The van der Waals surface area contributed by atoms with Crippen LogP contribution >= 0.6 is 21.6 Å². The van der Waals surface area contributed by atoms with Gasteiger partial charge in [0.2, 0.25) is 5.91 Å². The van der Waals surface area contributed by atoms with Crippen molar-refractivity contribution >= 4 is 50.2 Å². The molecule has 1 saturated heterocycles. The average Bonchev–Trinajstić information content (AvgIpc) is 3.91. The Balaban J connectivity index is 1.15. The van der Waals surface area contributed by atoms with Crippen LogP contribution in [0.3, 0.4) is 0 Å². The van der Waals surface area contributed by atoms with Gasteiger partial charge in [0.25, 0.3) is 0 Å². The van der Waals surface area contributed by atoms with E-state index in [1.807, 2.05) is 42.3 Å². The van der Waals surface area contributed by atoms with Crippen LogP contribution in [0.1, 0.15) is 76.3 Å². The van der Waals surface area contributed by atoms with E-state index in [0.717, 1.165) is 48.0 Å². The highest BCUT2D eigenvalue weighted by Gasteiger charge is 2.68. The van der Waals surface area contributed by atoms with E-state index in [0.29, 0.717) is 46.7 Å². The zero-order valence-corrected chi connectivity index (χ0v) is 39.3. The Morgan fingerprint density at radius 1 is 1.14 bits per heavy atom. The van der Waals surface area contributed by atoms with Crippen LogP contribution < -0.4 is 26.7 Å². The molecule has 2 saturated carbocycles. The smallest absolute Gasteiger partial charge is 0.340 e. The first-order valence-corrected chi connectivity index (χ1v) is 25.9. The van der Waals surface area contributed by atoms with Gasteiger partial charge >= 0.3 is 11.6 Å². The fourth-order valence-corrected chi connectivity index (χ4v) is 16.4.